The molecule has 0 saturated carbocycles. The van der Waals surface area contributed by atoms with Crippen molar-refractivity contribution in [3.63, 3.8) is 0 Å². The summed E-state index contributed by atoms with van der Waals surface area (Å²) in [5.41, 5.74) is 1.93. The molecule has 1 aromatic carbocycles. The van der Waals surface area contributed by atoms with Crippen LogP contribution in [0.2, 0.25) is 0 Å². The molecule has 0 fully saturated rings. The Morgan fingerprint density at radius 3 is 2.41 bits per heavy atom. The highest BCUT2D eigenvalue weighted by Crippen LogP contribution is 2.23. The zero-order chi connectivity index (χ0) is 13.0. The molecule has 1 rings (SSSR count). The fourth-order valence-electron chi connectivity index (χ4n) is 1.30. The molecule has 0 saturated heterocycles. The molecule has 0 spiro atoms. The lowest BCUT2D eigenvalue weighted by atomic mass is 10.2. The van der Waals surface area contributed by atoms with Gasteiger partial charge in [-0.2, -0.15) is 0 Å². The van der Waals surface area contributed by atoms with Crippen LogP contribution in [-0.4, -0.2) is 23.0 Å². The number of nitrogens with one attached hydrogen (secondary N) is 2. The lowest BCUT2D eigenvalue weighted by Crippen LogP contribution is -2.25. The highest BCUT2D eigenvalue weighted by Gasteiger charge is 2.12. The van der Waals surface area contributed by atoms with E-state index in [0.29, 0.717) is 11.4 Å². The van der Waals surface area contributed by atoms with E-state index in [4.69, 9.17) is 5.11 Å². The molecule has 3 N–H and O–H groups in total. The van der Waals surface area contributed by atoms with Crippen LogP contribution in [0.3, 0.4) is 0 Å². The summed E-state index contributed by atoms with van der Waals surface area (Å²) in [6, 6.07) is 5.25. The number of anilines is 2. The Balaban J connectivity index is 2.98. The van der Waals surface area contributed by atoms with Crippen molar-refractivity contribution in [2.24, 2.45) is 0 Å². The minimum absolute atomic E-state index is 0.221. The Morgan fingerprint density at radius 2 is 1.88 bits per heavy atom. The maximum Gasteiger partial charge on any atom is 0.252 e. The third kappa shape index (κ3) is 3.88. The number of amides is 2. The molecule has 1 unspecified atom stereocenters. The molecule has 2 amide bonds. The molecule has 0 heterocycles. The number of hydrogen-bond donors (Lipinski definition) is 3. The average Bonchev–Trinajstić information content (AvgIpc) is 2.21. The second-order valence-electron chi connectivity index (χ2n) is 3.90. The van der Waals surface area contributed by atoms with Crippen LogP contribution in [0, 0.1) is 6.92 Å². The first-order valence-corrected chi connectivity index (χ1v) is 5.27. The van der Waals surface area contributed by atoms with Crippen molar-refractivity contribution in [2.45, 2.75) is 26.9 Å². The van der Waals surface area contributed by atoms with Crippen LogP contribution in [0.25, 0.3) is 0 Å². The number of carbonyl (C=O) groups excluding carboxylic acids is 2. The summed E-state index contributed by atoms with van der Waals surface area (Å²) in [4.78, 5) is 22.4. The minimum Gasteiger partial charge on any atom is -0.384 e. The SMILES string of the molecule is CC(=O)Nc1ccc(C)cc1NC(=O)C(C)O. The number of rotatable bonds is 3. The monoisotopic (exact) mass is 236 g/mol. The van der Waals surface area contributed by atoms with Gasteiger partial charge in [0.15, 0.2) is 0 Å². The van der Waals surface area contributed by atoms with Crippen molar-refractivity contribution in [1.82, 2.24) is 0 Å². The minimum atomic E-state index is -1.10. The summed E-state index contributed by atoms with van der Waals surface area (Å²) < 4.78 is 0. The number of benzene rings is 1. The normalized spacial score (nSPS) is 11.8. The zero-order valence-electron chi connectivity index (χ0n) is 10.1. The van der Waals surface area contributed by atoms with Crippen LogP contribution in [0.4, 0.5) is 11.4 Å². The zero-order valence-corrected chi connectivity index (χ0v) is 10.1. The van der Waals surface area contributed by atoms with E-state index in [0.717, 1.165) is 5.56 Å². The number of hydrogen-bond acceptors (Lipinski definition) is 3. The summed E-state index contributed by atoms with van der Waals surface area (Å²) >= 11 is 0. The van der Waals surface area contributed by atoms with E-state index in [1.807, 2.05) is 13.0 Å². The first-order chi connectivity index (χ1) is 7.90. The van der Waals surface area contributed by atoms with E-state index in [2.05, 4.69) is 10.6 Å². The Labute approximate surface area is 99.8 Å². The van der Waals surface area contributed by atoms with Gasteiger partial charge >= 0.3 is 0 Å². The Morgan fingerprint density at radius 1 is 1.24 bits per heavy atom. The van der Waals surface area contributed by atoms with Crippen molar-refractivity contribution in [3.05, 3.63) is 23.8 Å². The summed E-state index contributed by atoms with van der Waals surface area (Å²) in [6.07, 6.45) is -1.10. The first-order valence-electron chi connectivity index (χ1n) is 5.27. The van der Waals surface area contributed by atoms with Crippen molar-refractivity contribution < 1.29 is 14.7 Å². The fraction of sp³-hybridized carbons (Fsp3) is 0.333. The van der Waals surface area contributed by atoms with Gasteiger partial charge in [-0.1, -0.05) is 6.07 Å². The maximum atomic E-state index is 11.4. The highest BCUT2D eigenvalue weighted by molar-refractivity contribution is 6.00. The number of carbonyl (C=O) groups is 2. The molecule has 1 aromatic rings. The highest BCUT2D eigenvalue weighted by atomic mass is 16.3. The Kier molecular flexibility index (Phi) is 4.23. The molecule has 0 bridgehead atoms. The van der Waals surface area contributed by atoms with Gasteiger partial charge in [-0.15, -0.1) is 0 Å². The summed E-state index contributed by atoms with van der Waals surface area (Å²) in [5.74, 6) is -0.733. The molecule has 0 aromatic heterocycles. The molecule has 5 nitrogen and oxygen atoms in total. The van der Waals surface area contributed by atoms with Crippen molar-refractivity contribution >= 4 is 23.2 Å². The van der Waals surface area contributed by atoms with Crippen molar-refractivity contribution in [3.8, 4) is 0 Å². The van der Waals surface area contributed by atoms with Crippen LogP contribution in [0.1, 0.15) is 19.4 Å². The van der Waals surface area contributed by atoms with Crippen molar-refractivity contribution in [2.75, 3.05) is 10.6 Å². The van der Waals surface area contributed by atoms with E-state index in [1.165, 1.54) is 13.8 Å². The molecule has 0 radical (unpaired) electrons. The molecule has 92 valence electrons. The van der Waals surface area contributed by atoms with E-state index in [1.54, 1.807) is 12.1 Å². The van der Waals surface area contributed by atoms with Gasteiger partial charge in [0.05, 0.1) is 11.4 Å². The standard InChI is InChI=1S/C12H16N2O3/c1-7-4-5-10(13-9(3)16)11(6-7)14-12(17)8(2)15/h4-6,8,15H,1-3H3,(H,13,16)(H,14,17). The van der Waals surface area contributed by atoms with Crippen LogP contribution in [-0.2, 0) is 9.59 Å². The third-order valence-corrected chi connectivity index (χ3v) is 2.12. The van der Waals surface area contributed by atoms with Crippen molar-refractivity contribution in [1.29, 1.82) is 0 Å². The Hall–Kier alpha value is -1.88. The largest absolute Gasteiger partial charge is 0.384 e. The fourth-order valence-corrected chi connectivity index (χ4v) is 1.30. The maximum absolute atomic E-state index is 11.4. The quantitative estimate of drug-likeness (QED) is 0.739. The van der Waals surface area contributed by atoms with Gasteiger partial charge < -0.3 is 15.7 Å². The molecular formula is C12H16N2O3. The van der Waals surface area contributed by atoms with Gasteiger partial charge in [-0.3, -0.25) is 9.59 Å². The second-order valence-corrected chi connectivity index (χ2v) is 3.90. The smallest absolute Gasteiger partial charge is 0.252 e. The first kappa shape index (κ1) is 13.2. The van der Waals surface area contributed by atoms with Gasteiger partial charge in [0.25, 0.3) is 5.91 Å². The van der Waals surface area contributed by atoms with Gasteiger partial charge in [-0.25, -0.2) is 0 Å². The molecular weight excluding hydrogens is 220 g/mol. The number of aliphatic hydroxyl groups is 1. The van der Waals surface area contributed by atoms with Crippen LogP contribution in [0.15, 0.2) is 18.2 Å². The Bertz CT molecular complexity index is 441. The van der Waals surface area contributed by atoms with E-state index < -0.39 is 12.0 Å². The average molecular weight is 236 g/mol. The predicted molar refractivity (Wildman–Crippen MR) is 65.8 cm³/mol. The van der Waals surface area contributed by atoms with Gasteiger partial charge in [-0.05, 0) is 31.5 Å². The molecule has 5 heteroatoms. The number of aryl methyl sites for hydroxylation is 1. The van der Waals surface area contributed by atoms with Gasteiger partial charge in [0.2, 0.25) is 5.91 Å². The summed E-state index contributed by atoms with van der Waals surface area (Å²) in [7, 11) is 0. The number of aliphatic hydroxyl groups excluding tert-OH is 1. The predicted octanol–water partition coefficient (Wildman–Crippen LogP) is 1.27. The lowest BCUT2D eigenvalue weighted by Gasteiger charge is -2.13. The molecule has 0 aliphatic carbocycles. The molecule has 0 aliphatic rings. The summed E-state index contributed by atoms with van der Waals surface area (Å²) in [6.45, 7) is 4.64. The van der Waals surface area contributed by atoms with E-state index in [-0.39, 0.29) is 5.91 Å². The molecule has 0 aliphatic heterocycles. The van der Waals surface area contributed by atoms with Gasteiger partial charge in [0, 0.05) is 6.92 Å². The van der Waals surface area contributed by atoms with Crippen LogP contribution >= 0.6 is 0 Å². The lowest BCUT2D eigenvalue weighted by molar-refractivity contribution is -0.123. The van der Waals surface area contributed by atoms with Gasteiger partial charge in [0.1, 0.15) is 6.10 Å². The topological polar surface area (TPSA) is 78.4 Å². The van der Waals surface area contributed by atoms with Crippen LogP contribution < -0.4 is 10.6 Å². The van der Waals surface area contributed by atoms with Crippen LogP contribution in [0.5, 0.6) is 0 Å². The van der Waals surface area contributed by atoms with E-state index >= 15 is 0 Å². The molecule has 17 heavy (non-hydrogen) atoms. The van der Waals surface area contributed by atoms with E-state index in [9.17, 15) is 9.59 Å². The third-order valence-electron chi connectivity index (χ3n) is 2.12. The molecule has 1 atom stereocenters. The second kappa shape index (κ2) is 5.45. The summed E-state index contributed by atoms with van der Waals surface area (Å²) in [5, 5.41) is 14.3.